The number of nitrogens with zero attached hydrogens (tertiary/aromatic N) is 1. The zero-order valence-corrected chi connectivity index (χ0v) is 13.9. The van der Waals surface area contributed by atoms with Gasteiger partial charge in [-0.15, -0.1) is 24.2 Å². The summed E-state index contributed by atoms with van der Waals surface area (Å²) in [4.78, 5) is 15.6. The first-order valence-electron chi connectivity index (χ1n) is 6.61. The molecule has 0 aliphatic carbocycles. The number of benzene rings is 1. The lowest BCUT2D eigenvalue weighted by molar-refractivity contribution is -0.132. The summed E-state index contributed by atoms with van der Waals surface area (Å²) in [5.41, 5.74) is 6.89. The fourth-order valence-corrected chi connectivity index (χ4v) is 3.64. The summed E-state index contributed by atoms with van der Waals surface area (Å²) in [6.07, 6.45) is 0. The summed E-state index contributed by atoms with van der Waals surface area (Å²) >= 11 is 1.77. The minimum atomic E-state index is -0.0321. The van der Waals surface area contributed by atoms with E-state index < -0.39 is 0 Å². The molecular weight excluding hydrogens is 292 g/mol. The van der Waals surface area contributed by atoms with Crippen molar-refractivity contribution in [1.82, 2.24) is 4.90 Å². The van der Waals surface area contributed by atoms with Crippen LogP contribution in [0.1, 0.15) is 25.3 Å². The largest absolute Gasteiger partial charge is 0.345 e. The number of likely N-dealkylation sites (N-methyl/N-ethyl adjacent to an activating group) is 1. The zero-order valence-electron chi connectivity index (χ0n) is 12.3. The van der Waals surface area contributed by atoms with E-state index in [2.05, 4.69) is 26.0 Å². The molecule has 0 bridgehead atoms. The van der Waals surface area contributed by atoms with Crippen LogP contribution in [-0.2, 0) is 4.79 Å². The molecule has 1 aliphatic rings. The van der Waals surface area contributed by atoms with Crippen molar-refractivity contribution in [3.05, 3.63) is 29.8 Å². The van der Waals surface area contributed by atoms with Gasteiger partial charge in [-0.3, -0.25) is 4.79 Å². The highest BCUT2D eigenvalue weighted by Gasteiger charge is 2.32. The molecule has 0 saturated carbocycles. The Morgan fingerprint density at radius 1 is 1.45 bits per heavy atom. The van der Waals surface area contributed by atoms with E-state index in [0.717, 1.165) is 5.75 Å². The molecule has 1 aromatic rings. The summed E-state index contributed by atoms with van der Waals surface area (Å²) in [7, 11) is 1.88. The lowest BCUT2D eigenvalue weighted by Crippen LogP contribution is -2.41. The van der Waals surface area contributed by atoms with Gasteiger partial charge in [0.2, 0.25) is 5.91 Å². The van der Waals surface area contributed by atoms with Crippen LogP contribution in [0.2, 0.25) is 0 Å². The van der Waals surface area contributed by atoms with Gasteiger partial charge in [-0.2, -0.15) is 0 Å². The van der Waals surface area contributed by atoms with Gasteiger partial charge in [0.25, 0.3) is 0 Å². The number of hydrogen-bond donors (Lipinski definition) is 1. The molecular formula is C15H23ClN2OS. The predicted molar refractivity (Wildman–Crippen MR) is 87.6 cm³/mol. The molecule has 1 aliphatic heterocycles. The zero-order chi connectivity index (χ0) is 14.0. The number of amides is 1. The second-order valence-corrected chi connectivity index (χ2v) is 7.03. The van der Waals surface area contributed by atoms with Crippen molar-refractivity contribution in [3.8, 4) is 0 Å². The standard InChI is InChI=1S/C15H22N2OS.ClH/c1-15(2,9-16)10-17(3)14(18)12-8-19-13-7-5-4-6-11(12)13;/h4-7,12H,8-10,16H2,1-3H3;1H. The average molecular weight is 315 g/mol. The third kappa shape index (κ3) is 3.68. The van der Waals surface area contributed by atoms with Gasteiger partial charge in [-0.1, -0.05) is 32.0 Å². The van der Waals surface area contributed by atoms with E-state index >= 15 is 0 Å². The maximum atomic E-state index is 12.6. The van der Waals surface area contributed by atoms with Gasteiger partial charge in [0.05, 0.1) is 5.92 Å². The van der Waals surface area contributed by atoms with Crippen LogP contribution in [0.3, 0.4) is 0 Å². The molecule has 1 unspecified atom stereocenters. The Hall–Kier alpha value is -0.710. The summed E-state index contributed by atoms with van der Waals surface area (Å²) in [5.74, 6) is 1.06. The van der Waals surface area contributed by atoms with E-state index in [9.17, 15) is 4.79 Å². The van der Waals surface area contributed by atoms with E-state index in [1.54, 1.807) is 11.8 Å². The number of carbonyl (C=O) groups excluding carboxylic acids is 1. The minimum absolute atomic E-state index is 0. The lowest BCUT2D eigenvalue weighted by Gasteiger charge is -2.30. The monoisotopic (exact) mass is 314 g/mol. The second-order valence-electron chi connectivity index (χ2n) is 5.96. The molecule has 0 spiro atoms. The molecule has 1 amide bonds. The Morgan fingerprint density at radius 3 is 2.75 bits per heavy atom. The first-order valence-corrected chi connectivity index (χ1v) is 7.60. The number of rotatable bonds is 4. The highest BCUT2D eigenvalue weighted by molar-refractivity contribution is 7.99. The van der Waals surface area contributed by atoms with Gasteiger partial charge < -0.3 is 10.6 Å². The quantitative estimate of drug-likeness (QED) is 0.929. The van der Waals surface area contributed by atoms with E-state index in [1.165, 1.54) is 10.5 Å². The second kappa shape index (κ2) is 6.83. The van der Waals surface area contributed by atoms with Crippen molar-refractivity contribution in [2.75, 3.05) is 25.9 Å². The van der Waals surface area contributed by atoms with Crippen molar-refractivity contribution < 1.29 is 4.79 Å². The normalized spacial score (nSPS) is 17.3. The molecule has 0 aromatic heterocycles. The number of hydrogen-bond acceptors (Lipinski definition) is 3. The highest BCUT2D eigenvalue weighted by atomic mass is 35.5. The molecule has 2 rings (SSSR count). The molecule has 1 atom stereocenters. The Bertz CT molecular complexity index is 479. The molecule has 20 heavy (non-hydrogen) atoms. The summed E-state index contributed by atoms with van der Waals surface area (Å²) in [6, 6.07) is 8.20. The first kappa shape index (κ1) is 17.3. The van der Waals surface area contributed by atoms with Crippen LogP contribution < -0.4 is 5.73 Å². The van der Waals surface area contributed by atoms with Crippen LogP contribution in [0.5, 0.6) is 0 Å². The van der Waals surface area contributed by atoms with Crippen LogP contribution in [-0.4, -0.2) is 36.7 Å². The van der Waals surface area contributed by atoms with Crippen LogP contribution in [0.4, 0.5) is 0 Å². The average Bonchev–Trinajstić information content (AvgIpc) is 2.81. The Balaban J connectivity index is 0.00000200. The SMILES string of the molecule is CN(CC(C)(C)CN)C(=O)C1CSc2ccccc21.Cl. The van der Waals surface area contributed by atoms with Crippen molar-refractivity contribution >= 4 is 30.1 Å². The predicted octanol–water partition coefficient (Wildman–Crippen LogP) is 2.74. The molecule has 0 radical (unpaired) electrons. The van der Waals surface area contributed by atoms with Crippen LogP contribution in [0.15, 0.2) is 29.2 Å². The van der Waals surface area contributed by atoms with Gasteiger partial charge in [0.15, 0.2) is 0 Å². The van der Waals surface area contributed by atoms with Crippen LogP contribution in [0.25, 0.3) is 0 Å². The maximum Gasteiger partial charge on any atom is 0.230 e. The van der Waals surface area contributed by atoms with Crippen molar-refractivity contribution in [2.24, 2.45) is 11.1 Å². The van der Waals surface area contributed by atoms with Gasteiger partial charge in [-0.05, 0) is 23.6 Å². The third-order valence-electron chi connectivity index (χ3n) is 3.59. The number of thioether (sulfide) groups is 1. The smallest absolute Gasteiger partial charge is 0.230 e. The first-order chi connectivity index (χ1) is 8.94. The van der Waals surface area contributed by atoms with E-state index in [4.69, 9.17) is 5.73 Å². The summed E-state index contributed by atoms with van der Waals surface area (Å²) < 4.78 is 0. The molecule has 1 aromatic carbocycles. The van der Waals surface area contributed by atoms with Gasteiger partial charge in [-0.25, -0.2) is 0 Å². The van der Waals surface area contributed by atoms with Crippen LogP contribution >= 0.6 is 24.2 Å². The van der Waals surface area contributed by atoms with Crippen molar-refractivity contribution in [3.63, 3.8) is 0 Å². The topological polar surface area (TPSA) is 46.3 Å². The molecule has 112 valence electrons. The third-order valence-corrected chi connectivity index (χ3v) is 4.77. The van der Waals surface area contributed by atoms with Gasteiger partial charge in [0, 0.05) is 24.2 Å². The molecule has 0 saturated heterocycles. The summed E-state index contributed by atoms with van der Waals surface area (Å²) in [5, 5.41) is 0. The maximum absolute atomic E-state index is 12.6. The molecule has 5 heteroatoms. The fourth-order valence-electron chi connectivity index (χ4n) is 2.42. The van der Waals surface area contributed by atoms with Gasteiger partial charge in [0.1, 0.15) is 0 Å². The van der Waals surface area contributed by atoms with Crippen molar-refractivity contribution in [2.45, 2.75) is 24.7 Å². The van der Waals surface area contributed by atoms with E-state index in [-0.39, 0.29) is 29.6 Å². The number of fused-ring (bicyclic) bond motifs is 1. The Kier molecular flexibility index (Phi) is 5.92. The highest BCUT2D eigenvalue weighted by Crippen LogP contribution is 2.40. The van der Waals surface area contributed by atoms with E-state index in [0.29, 0.717) is 13.1 Å². The number of carbonyl (C=O) groups is 1. The Labute approximate surface area is 131 Å². The lowest BCUT2D eigenvalue weighted by atomic mass is 9.92. The number of nitrogens with two attached hydrogens (primary N) is 1. The molecule has 0 fully saturated rings. The minimum Gasteiger partial charge on any atom is -0.345 e. The summed E-state index contributed by atoms with van der Waals surface area (Å²) in [6.45, 7) is 5.47. The molecule has 1 heterocycles. The van der Waals surface area contributed by atoms with E-state index in [1.807, 2.05) is 24.1 Å². The molecule has 3 nitrogen and oxygen atoms in total. The number of halogens is 1. The fraction of sp³-hybridized carbons (Fsp3) is 0.533. The van der Waals surface area contributed by atoms with Gasteiger partial charge >= 0.3 is 0 Å². The van der Waals surface area contributed by atoms with Crippen molar-refractivity contribution in [1.29, 1.82) is 0 Å². The molecule has 2 N–H and O–H groups in total. The Morgan fingerprint density at radius 2 is 2.10 bits per heavy atom. The van der Waals surface area contributed by atoms with Crippen LogP contribution in [0, 0.1) is 5.41 Å².